The molecule has 0 aliphatic rings. The van der Waals surface area contributed by atoms with Crippen LogP contribution < -0.4 is 5.32 Å². The van der Waals surface area contributed by atoms with E-state index < -0.39 is 0 Å². The van der Waals surface area contributed by atoms with Gasteiger partial charge in [0.1, 0.15) is 11.9 Å². The summed E-state index contributed by atoms with van der Waals surface area (Å²) < 4.78 is 1.97. The molecule has 0 saturated carbocycles. The number of nitrogens with one attached hydrogen (secondary N) is 1. The Balaban J connectivity index is 2.31. The van der Waals surface area contributed by atoms with Crippen LogP contribution in [0, 0.1) is 25.2 Å². The molecule has 6 heteroatoms. The van der Waals surface area contributed by atoms with Gasteiger partial charge in [-0.3, -0.25) is 9.69 Å². The lowest BCUT2D eigenvalue weighted by Gasteiger charge is -2.17. The summed E-state index contributed by atoms with van der Waals surface area (Å²) in [6, 6.07) is 12.1. The first kappa shape index (κ1) is 18.7. The SMILES string of the molecule is Cc1c(C#N)c(NC(=O)CN(C)CCO)n(Cc2ccccc2)c1C. The van der Waals surface area contributed by atoms with Crippen LogP contribution in [0.1, 0.15) is 22.4 Å². The largest absolute Gasteiger partial charge is 0.395 e. The molecule has 25 heavy (non-hydrogen) atoms. The Morgan fingerprint density at radius 3 is 2.60 bits per heavy atom. The number of anilines is 1. The third kappa shape index (κ3) is 4.47. The molecule has 0 bridgehead atoms. The lowest BCUT2D eigenvalue weighted by atomic mass is 10.2. The summed E-state index contributed by atoms with van der Waals surface area (Å²) in [4.78, 5) is 14.1. The fourth-order valence-corrected chi connectivity index (χ4v) is 2.76. The lowest BCUT2D eigenvalue weighted by molar-refractivity contribution is -0.117. The molecule has 0 spiro atoms. The molecule has 2 aromatic rings. The molecule has 1 heterocycles. The summed E-state index contributed by atoms with van der Waals surface area (Å²) in [6.45, 7) is 4.99. The second kappa shape index (κ2) is 8.47. The second-order valence-electron chi connectivity index (χ2n) is 6.13. The maximum atomic E-state index is 12.3. The molecule has 1 aromatic heterocycles. The van der Waals surface area contributed by atoms with Gasteiger partial charge in [-0.25, -0.2) is 0 Å². The summed E-state index contributed by atoms with van der Waals surface area (Å²) in [5.41, 5.74) is 3.42. The first-order chi connectivity index (χ1) is 12.0. The Labute approximate surface area is 148 Å². The Kier molecular flexibility index (Phi) is 6.34. The van der Waals surface area contributed by atoms with Gasteiger partial charge in [0.2, 0.25) is 5.91 Å². The van der Waals surface area contributed by atoms with E-state index in [0.717, 1.165) is 16.8 Å². The average molecular weight is 340 g/mol. The van der Waals surface area contributed by atoms with E-state index in [4.69, 9.17) is 5.11 Å². The van der Waals surface area contributed by atoms with E-state index in [2.05, 4.69) is 11.4 Å². The summed E-state index contributed by atoms with van der Waals surface area (Å²) in [7, 11) is 1.76. The number of carbonyl (C=O) groups is 1. The highest BCUT2D eigenvalue weighted by atomic mass is 16.3. The number of hydrogen-bond acceptors (Lipinski definition) is 4. The molecule has 0 atom stereocenters. The quantitative estimate of drug-likeness (QED) is 0.806. The summed E-state index contributed by atoms with van der Waals surface area (Å²) in [6.07, 6.45) is 0. The fraction of sp³-hybridized carbons (Fsp3) is 0.368. The molecular weight excluding hydrogens is 316 g/mol. The number of aliphatic hydroxyl groups excluding tert-OH is 1. The summed E-state index contributed by atoms with van der Waals surface area (Å²) >= 11 is 0. The first-order valence-corrected chi connectivity index (χ1v) is 8.20. The van der Waals surface area contributed by atoms with Crippen molar-refractivity contribution >= 4 is 11.7 Å². The second-order valence-corrected chi connectivity index (χ2v) is 6.13. The minimum absolute atomic E-state index is 0.00414. The Bertz CT molecular complexity index is 775. The van der Waals surface area contributed by atoms with Crippen molar-refractivity contribution in [2.45, 2.75) is 20.4 Å². The van der Waals surface area contributed by atoms with Gasteiger partial charge in [0, 0.05) is 18.8 Å². The van der Waals surface area contributed by atoms with Crippen LogP contribution >= 0.6 is 0 Å². The van der Waals surface area contributed by atoms with Crippen molar-refractivity contribution in [3.05, 3.63) is 52.7 Å². The predicted octanol–water partition coefficient (Wildman–Crippen LogP) is 1.89. The van der Waals surface area contributed by atoms with Gasteiger partial charge in [0.25, 0.3) is 0 Å². The number of nitrogens with zero attached hydrogens (tertiary/aromatic N) is 3. The standard InChI is InChI=1S/C19H24N4O2/c1-14-15(2)23(12-16-7-5-4-6-8-16)19(17(14)11-20)21-18(25)13-22(3)9-10-24/h4-8,24H,9-10,12-13H2,1-3H3,(H,21,25). The molecule has 2 N–H and O–H groups in total. The van der Waals surface area contributed by atoms with Gasteiger partial charge in [-0.1, -0.05) is 30.3 Å². The maximum Gasteiger partial charge on any atom is 0.239 e. The van der Waals surface area contributed by atoms with Crippen molar-refractivity contribution in [2.75, 3.05) is 32.1 Å². The van der Waals surface area contributed by atoms with Crippen molar-refractivity contribution in [3.63, 3.8) is 0 Å². The number of benzene rings is 1. The van der Waals surface area contributed by atoms with Crippen molar-refractivity contribution in [2.24, 2.45) is 0 Å². The molecule has 6 nitrogen and oxygen atoms in total. The number of aliphatic hydroxyl groups is 1. The van der Waals surface area contributed by atoms with Crippen molar-refractivity contribution in [1.29, 1.82) is 5.26 Å². The number of rotatable bonds is 7. The van der Waals surface area contributed by atoms with Crippen molar-refractivity contribution in [1.82, 2.24) is 9.47 Å². The van der Waals surface area contributed by atoms with E-state index in [1.54, 1.807) is 11.9 Å². The van der Waals surface area contributed by atoms with Crippen molar-refractivity contribution in [3.8, 4) is 6.07 Å². The number of nitriles is 1. The number of carbonyl (C=O) groups excluding carboxylic acids is 1. The number of hydrogen-bond donors (Lipinski definition) is 2. The zero-order valence-electron chi connectivity index (χ0n) is 14.9. The molecule has 1 amide bonds. The van der Waals surface area contributed by atoms with Crippen LogP contribution in [-0.4, -0.2) is 47.2 Å². The zero-order chi connectivity index (χ0) is 18.4. The van der Waals surface area contributed by atoms with Crippen LogP contribution in [0.3, 0.4) is 0 Å². The predicted molar refractivity (Wildman–Crippen MR) is 97.4 cm³/mol. The van der Waals surface area contributed by atoms with E-state index in [0.29, 0.717) is 24.5 Å². The normalized spacial score (nSPS) is 10.7. The molecule has 1 aromatic carbocycles. The first-order valence-electron chi connectivity index (χ1n) is 8.20. The molecule has 0 radical (unpaired) electrons. The van der Waals surface area contributed by atoms with Gasteiger partial charge in [-0.2, -0.15) is 5.26 Å². The molecule has 0 unspecified atom stereocenters. The van der Waals surface area contributed by atoms with Gasteiger partial charge in [-0.05, 0) is 32.0 Å². The smallest absolute Gasteiger partial charge is 0.239 e. The molecule has 0 aliphatic carbocycles. The molecule has 0 saturated heterocycles. The van der Waals surface area contributed by atoms with Crippen LogP contribution in [0.4, 0.5) is 5.82 Å². The van der Waals surface area contributed by atoms with Crippen molar-refractivity contribution < 1.29 is 9.90 Å². The zero-order valence-corrected chi connectivity index (χ0v) is 14.9. The van der Waals surface area contributed by atoms with Gasteiger partial charge >= 0.3 is 0 Å². The highest BCUT2D eigenvalue weighted by Crippen LogP contribution is 2.27. The van der Waals surface area contributed by atoms with E-state index in [9.17, 15) is 10.1 Å². The van der Waals surface area contributed by atoms with Crippen LogP contribution in [0.5, 0.6) is 0 Å². The summed E-state index contributed by atoms with van der Waals surface area (Å²) in [5.74, 6) is 0.322. The molecule has 132 valence electrons. The molecule has 2 rings (SSSR count). The highest BCUT2D eigenvalue weighted by molar-refractivity contribution is 5.93. The van der Waals surface area contributed by atoms with E-state index in [-0.39, 0.29) is 19.1 Å². The van der Waals surface area contributed by atoms with Crippen LogP contribution in [0.2, 0.25) is 0 Å². The van der Waals surface area contributed by atoms with E-state index in [1.807, 2.05) is 48.7 Å². The molecule has 0 fully saturated rings. The third-order valence-corrected chi connectivity index (χ3v) is 4.28. The van der Waals surface area contributed by atoms with Gasteiger partial charge in [0.15, 0.2) is 0 Å². The molecular formula is C19H24N4O2. The topological polar surface area (TPSA) is 81.3 Å². The highest BCUT2D eigenvalue weighted by Gasteiger charge is 2.20. The van der Waals surface area contributed by atoms with Gasteiger partial charge < -0.3 is 15.0 Å². The van der Waals surface area contributed by atoms with Crippen LogP contribution in [-0.2, 0) is 11.3 Å². The minimum Gasteiger partial charge on any atom is -0.395 e. The van der Waals surface area contributed by atoms with Gasteiger partial charge in [0.05, 0.1) is 18.7 Å². The number of likely N-dealkylation sites (N-methyl/N-ethyl adjacent to an activating group) is 1. The third-order valence-electron chi connectivity index (χ3n) is 4.28. The number of aromatic nitrogens is 1. The maximum absolute atomic E-state index is 12.3. The fourth-order valence-electron chi connectivity index (χ4n) is 2.76. The monoisotopic (exact) mass is 340 g/mol. The van der Waals surface area contributed by atoms with E-state index in [1.165, 1.54) is 0 Å². The number of amides is 1. The van der Waals surface area contributed by atoms with Gasteiger partial charge in [-0.15, -0.1) is 0 Å². The Hall–Kier alpha value is -2.62. The average Bonchev–Trinajstić information content (AvgIpc) is 2.80. The summed E-state index contributed by atoms with van der Waals surface area (Å²) in [5, 5.41) is 21.4. The lowest BCUT2D eigenvalue weighted by Crippen LogP contribution is -2.32. The minimum atomic E-state index is -0.209. The Morgan fingerprint density at radius 1 is 1.32 bits per heavy atom. The Morgan fingerprint density at radius 2 is 2.00 bits per heavy atom. The molecule has 0 aliphatic heterocycles. The van der Waals surface area contributed by atoms with Crippen LogP contribution in [0.15, 0.2) is 30.3 Å². The van der Waals surface area contributed by atoms with E-state index >= 15 is 0 Å². The van der Waals surface area contributed by atoms with Crippen LogP contribution in [0.25, 0.3) is 0 Å².